The number of nitrogens with zero attached hydrogens (tertiary/aromatic N) is 2. The van der Waals surface area contributed by atoms with Gasteiger partial charge in [-0.15, -0.1) is 11.3 Å². The van der Waals surface area contributed by atoms with Gasteiger partial charge in [-0.25, -0.2) is 9.78 Å². The third-order valence-electron chi connectivity index (χ3n) is 5.25. The van der Waals surface area contributed by atoms with Crippen LogP contribution in [0.25, 0.3) is 10.7 Å². The van der Waals surface area contributed by atoms with E-state index in [-0.39, 0.29) is 18.6 Å². The Kier molecular flexibility index (Phi) is 6.21. The van der Waals surface area contributed by atoms with Gasteiger partial charge < -0.3 is 10.1 Å². The van der Waals surface area contributed by atoms with Crippen LogP contribution in [0.4, 0.5) is 0 Å². The number of amides is 1. The quantitative estimate of drug-likeness (QED) is 0.793. The van der Waals surface area contributed by atoms with E-state index in [4.69, 9.17) is 4.74 Å². The summed E-state index contributed by atoms with van der Waals surface area (Å²) in [5.41, 5.74) is 1.29. The minimum absolute atomic E-state index is 0.154. The molecule has 0 spiro atoms. The predicted molar refractivity (Wildman–Crippen MR) is 104 cm³/mol. The second-order valence-electron chi connectivity index (χ2n) is 7.17. The van der Waals surface area contributed by atoms with Crippen LogP contribution in [0, 0.1) is 18.8 Å². The third-order valence-corrected chi connectivity index (χ3v) is 6.41. The molecule has 144 valence electrons. The third kappa shape index (κ3) is 4.71. The molecule has 3 rings (SSSR count). The molecule has 0 saturated heterocycles. The van der Waals surface area contributed by atoms with Gasteiger partial charge in [0.1, 0.15) is 9.88 Å². The van der Waals surface area contributed by atoms with Gasteiger partial charge in [0, 0.05) is 12.2 Å². The molecule has 1 aliphatic carbocycles. The van der Waals surface area contributed by atoms with Crippen LogP contribution in [0.5, 0.6) is 0 Å². The lowest BCUT2D eigenvalue weighted by Crippen LogP contribution is -2.45. The van der Waals surface area contributed by atoms with Crippen molar-refractivity contribution in [1.29, 1.82) is 0 Å². The van der Waals surface area contributed by atoms with Crippen molar-refractivity contribution in [3.63, 3.8) is 0 Å². The van der Waals surface area contributed by atoms with Crippen molar-refractivity contribution in [1.82, 2.24) is 15.3 Å². The topological polar surface area (TPSA) is 81.2 Å². The van der Waals surface area contributed by atoms with Crippen LogP contribution in [0.15, 0.2) is 24.4 Å². The standard InChI is InChI=1S/C20H25N3O3S/c1-12-7-6-9-15(13(12)2)23-17(24)11-26-20(25)18-14(3)22-19(27-18)16-8-4-5-10-21-16/h4-5,8,10,12-13,15H,6-7,9,11H2,1-3H3,(H,23,24). The molecular weight excluding hydrogens is 362 g/mol. The van der Waals surface area contributed by atoms with Gasteiger partial charge in [-0.3, -0.25) is 9.78 Å². The average molecular weight is 388 g/mol. The summed E-state index contributed by atoms with van der Waals surface area (Å²) < 4.78 is 5.22. The number of esters is 1. The molecule has 27 heavy (non-hydrogen) atoms. The largest absolute Gasteiger partial charge is 0.451 e. The first-order chi connectivity index (χ1) is 13.0. The average Bonchev–Trinajstić information content (AvgIpc) is 3.06. The number of nitrogens with one attached hydrogen (secondary N) is 1. The predicted octanol–water partition coefficient (Wildman–Crippen LogP) is 3.61. The normalized spacial score (nSPS) is 22.3. The van der Waals surface area contributed by atoms with Crippen molar-refractivity contribution >= 4 is 23.2 Å². The van der Waals surface area contributed by atoms with Gasteiger partial charge in [-0.1, -0.05) is 32.8 Å². The highest BCUT2D eigenvalue weighted by atomic mass is 32.1. The summed E-state index contributed by atoms with van der Waals surface area (Å²) in [5.74, 6) is 0.258. The number of ether oxygens (including phenoxy) is 1. The summed E-state index contributed by atoms with van der Waals surface area (Å²) in [4.78, 5) is 33.6. The Morgan fingerprint density at radius 1 is 1.30 bits per heavy atom. The van der Waals surface area contributed by atoms with E-state index in [1.54, 1.807) is 13.1 Å². The second-order valence-corrected chi connectivity index (χ2v) is 8.17. The van der Waals surface area contributed by atoms with Gasteiger partial charge in [0.05, 0.1) is 11.4 Å². The molecule has 0 bridgehead atoms. The van der Waals surface area contributed by atoms with E-state index in [1.165, 1.54) is 17.8 Å². The zero-order chi connectivity index (χ0) is 19.4. The van der Waals surface area contributed by atoms with E-state index in [0.717, 1.165) is 12.8 Å². The van der Waals surface area contributed by atoms with E-state index in [1.807, 2.05) is 18.2 Å². The fraction of sp³-hybridized carbons (Fsp3) is 0.500. The molecule has 1 fully saturated rings. The molecule has 1 amide bonds. The molecule has 0 aliphatic heterocycles. The Balaban J connectivity index is 1.56. The first-order valence-electron chi connectivity index (χ1n) is 9.31. The summed E-state index contributed by atoms with van der Waals surface area (Å²) in [7, 11) is 0. The van der Waals surface area contributed by atoms with E-state index >= 15 is 0 Å². The van der Waals surface area contributed by atoms with E-state index in [2.05, 4.69) is 29.1 Å². The van der Waals surface area contributed by atoms with Crippen molar-refractivity contribution in [3.8, 4) is 10.7 Å². The molecule has 1 saturated carbocycles. The number of carbonyl (C=O) groups excluding carboxylic acids is 2. The van der Waals surface area contributed by atoms with Crippen LogP contribution in [0.3, 0.4) is 0 Å². The molecule has 0 radical (unpaired) electrons. The molecule has 2 aromatic heterocycles. The summed E-state index contributed by atoms with van der Waals surface area (Å²) >= 11 is 1.23. The number of hydrogen-bond donors (Lipinski definition) is 1. The first-order valence-corrected chi connectivity index (χ1v) is 10.1. The summed E-state index contributed by atoms with van der Waals surface area (Å²) in [6.45, 7) is 5.87. The lowest BCUT2D eigenvalue weighted by molar-refractivity contribution is -0.125. The number of hydrogen-bond acceptors (Lipinski definition) is 6. The Hall–Kier alpha value is -2.28. The van der Waals surface area contributed by atoms with Crippen LogP contribution in [-0.4, -0.2) is 34.5 Å². The molecule has 3 unspecified atom stereocenters. The highest BCUT2D eigenvalue weighted by molar-refractivity contribution is 7.17. The maximum Gasteiger partial charge on any atom is 0.350 e. The van der Waals surface area contributed by atoms with Crippen molar-refractivity contribution in [2.75, 3.05) is 6.61 Å². The van der Waals surface area contributed by atoms with Crippen LogP contribution in [-0.2, 0) is 9.53 Å². The fourth-order valence-corrected chi connectivity index (χ4v) is 4.35. The van der Waals surface area contributed by atoms with E-state index in [0.29, 0.717) is 33.1 Å². The van der Waals surface area contributed by atoms with Crippen LogP contribution in [0.1, 0.15) is 48.5 Å². The summed E-state index contributed by atoms with van der Waals surface area (Å²) in [5, 5.41) is 3.67. The zero-order valence-corrected chi connectivity index (χ0v) is 16.7. The van der Waals surface area contributed by atoms with Gasteiger partial charge in [-0.05, 0) is 37.3 Å². The Labute approximate surface area is 163 Å². The van der Waals surface area contributed by atoms with Crippen LogP contribution < -0.4 is 5.32 Å². The van der Waals surface area contributed by atoms with E-state index in [9.17, 15) is 9.59 Å². The number of aromatic nitrogens is 2. The summed E-state index contributed by atoms with van der Waals surface area (Å²) in [6.07, 6.45) is 4.98. The van der Waals surface area contributed by atoms with Crippen molar-refractivity contribution in [2.24, 2.45) is 11.8 Å². The monoisotopic (exact) mass is 387 g/mol. The Morgan fingerprint density at radius 2 is 2.11 bits per heavy atom. The molecule has 1 N–H and O–H groups in total. The van der Waals surface area contributed by atoms with Gasteiger partial charge in [0.15, 0.2) is 6.61 Å². The highest BCUT2D eigenvalue weighted by Gasteiger charge is 2.28. The molecule has 7 heteroatoms. The summed E-state index contributed by atoms with van der Waals surface area (Å²) in [6, 6.07) is 5.69. The lowest BCUT2D eigenvalue weighted by atomic mass is 9.78. The fourth-order valence-electron chi connectivity index (χ4n) is 3.42. The van der Waals surface area contributed by atoms with Crippen LogP contribution in [0.2, 0.25) is 0 Å². The number of carbonyl (C=O) groups is 2. The molecular formula is C20H25N3O3S. The molecule has 0 aromatic carbocycles. The van der Waals surface area contributed by atoms with E-state index < -0.39 is 5.97 Å². The molecule has 3 atom stereocenters. The number of rotatable bonds is 5. The smallest absolute Gasteiger partial charge is 0.350 e. The molecule has 6 nitrogen and oxygen atoms in total. The highest BCUT2D eigenvalue weighted by Crippen LogP contribution is 2.29. The second kappa shape index (κ2) is 8.61. The molecule has 1 aliphatic rings. The maximum atomic E-state index is 12.4. The first kappa shape index (κ1) is 19.5. The zero-order valence-electron chi connectivity index (χ0n) is 15.9. The number of aryl methyl sites for hydroxylation is 1. The van der Waals surface area contributed by atoms with Crippen molar-refractivity contribution < 1.29 is 14.3 Å². The van der Waals surface area contributed by atoms with Crippen LogP contribution >= 0.6 is 11.3 Å². The Bertz CT molecular complexity index is 806. The maximum absolute atomic E-state index is 12.4. The molecule has 2 aromatic rings. The van der Waals surface area contributed by atoms with Gasteiger partial charge in [0.25, 0.3) is 5.91 Å². The minimum Gasteiger partial charge on any atom is -0.451 e. The number of pyridine rings is 1. The van der Waals surface area contributed by atoms with Gasteiger partial charge in [0.2, 0.25) is 0 Å². The van der Waals surface area contributed by atoms with Crippen molar-refractivity contribution in [3.05, 3.63) is 35.0 Å². The lowest BCUT2D eigenvalue weighted by Gasteiger charge is -2.34. The molecule has 2 heterocycles. The van der Waals surface area contributed by atoms with Gasteiger partial charge >= 0.3 is 5.97 Å². The van der Waals surface area contributed by atoms with Gasteiger partial charge in [-0.2, -0.15) is 0 Å². The van der Waals surface area contributed by atoms with Crippen molar-refractivity contribution in [2.45, 2.75) is 46.1 Å². The Morgan fingerprint density at radius 3 is 2.85 bits per heavy atom. The number of thiazole rings is 1. The minimum atomic E-state index is -0.521. The SMILES string of the molecule is Cc1nc(-c2ccccn2)sc1C(=O)OCC(=O)NC1CCCC(C)C1C.